The maximum absolute atomic E-state index is 11.9. The molecule has 7 nitrogen and oxygen atoms in total. The van der Waals surface area contributed by atoms with Gasteiger partial charge in [0.05, 0.1) is 4.90 Å². The standard InChI is InChI=1S/C17H18N2O5S/c1-2-16(20)12-6-8-14(9-7-12)24-11-17(21)19-13-4-3-5-15(10-13)25(18,22)23/h3-10H,2,11H2,1H3,(H,19,21)(H2,18,22,23). The van der Waals surface area contributed by atoms with Crippen LogP contribution in [0.5, 0.6) is 5.75 Å². The largest absolute Gasteiger partial charge is 0.484 e. The Labute approximate surface area is 145 Å². The second kappa shape index (κ2) is 7.91. The summed E-state index contributed by atoms with van der Waals surface area (Å²) >= 11 is 0. The van der Waals surface area contributed by atoms with Crippen LogP contribution in [0.4, 0.5) is 5.69 Å². The van der Waals surface area contributed by atoms with Gasteiger partial charge in [-0.3, -0.25) is 9.59 Å². The maximum Gasteiger partial charge on any atom is 0.262 e. The molecule has 0 saturated carbocycles. The first-order chi connectivity index (χ1) is 11.8. The van der Waals surface area contributed by atoms with Gasteiger partial charge < -0.3 is 10.1 Å². The average molecular weight is 362 g/mol. The number of anilines is 1. The number of benzene rings is 2. The molecule has 0 aliphatic rings. The van der Waals surface area contributed by atoms with Crippen LogP contribution in [-0.4, -0.2) is 26.7 Å². The molecule has 2 aromatic carbocycles. The molecule has 0 bridgehead atoms. The summed E-state index contributed by atoms with van der Waals surface area (Å²) in [5.74, 6) is 0.0143. The molecule has 0 spiro atoms. The minimum Gasteiger partial charge on any atom is -0.484 e. The lowest BCUT2D eigenvalue weighted by molar-refractivity contribution is -0.118. The van der Waals surface area contributed by atoms with E-state index in [4.69, 9.17) is 9.88 Å². The van der Waals surface area contributed by atoms with Crippen molar-refractivity contribution < 1.29 is 22.7 Å². The van der Waals surface area contributed by atoms with Crippen LogP contribution in [0.15, 0.2) is 53.4 Å². The zero-order valence-electron chi connectivity index (χ0n) is 13.6. The zero-order valence-corrected chi connectivity index (χ0v) is 14.4. The monoisotopic (exact) mass is 362 g/mol. The molecule has 0 aromatic heterocycles. The van der Waals surface area contributed by atoms with Gasteiger partial charge in [-0.15, -0.1) is 0 Å². The smallest absolute Gasteiger partial charge is 0.262 e. The highest BCUT2D eigenvalue weighted by atomic mass is 32.2. The molecule has 2 aromatic rings. The number of amides is 1. The van der Waals surface area contributed by atoms with Crippen LogP contribution in [0, 0.1) is 0 Å². The Balaban J connectivity index is 1.94. The summed E-state index contributed by atoms with van der Waals surface area (Å²) in [6.07, 6.45) is 0.417. The molecule has 25 heavy (non-hydrogen) atoms. The number of ether oxygens (including phenoxy) is 1. The molecular formula is C17H18N2O5S. The number of rotatable bonds is 7. The van der Waals surface area contributed by atoms with Gasteiger partial charge in [0.15, 0.2) is 12.4 Å². The lowest BCUT2D eigenvalue weighted by Gasteiger charge is -2.09. The molecule has 0 unspecified atom stereocenters. The third kappa shape index (κ3) is 5.40. The fourth-order valence-electron chi connectivity index (χ4n) is 2.04. The van der Waals surface area contributed by atoms with Crippen LogP contribution in [0.2, 0.25) is 0 Å². The number of hydrogen-bond acceptors (Lipinski definition) is 5. The molecule has 0 radical (unpaired) electrons. The van der Waals surface area contributed by atoms with Gasteiger partial charge in [0, 0.05) is 17.7 Å². The van der Waals surface area contributed by atoms with E-state index in [9.17, 15) is 18.0 Å². The van der Waals surface area contributed by atoms with E-state index in [2.05, 4.69) is 5.32 Å². The quantitative estimate of drug-likeness (QED) is 0.730. The highest BCUT2D eigenvalue weighted by Gasteiger charge is 2.10. The van der Waals surface area contributed by atoms with Crippen LogP contribution < -0.4 is 15.2 Å². The van der Waals surface area contributed by atoms with Crippen molar-refractivity contribution in [3.05, 3.63) is 54.1 Å². The van der Waals surface area contributed by atoms with Crippen molar-refractivity contribution in [1.29, 1.82) is 0 Å². The Kier molecular flexibility index (Phi) is 5.89. The van der Waals surface area contributed by atoms with E-state index < -0.39 is 15.9 Å². The first-order valence-electron chi connectivity index (χ1n) is 7.48. The molecule has 132 valence electrons. The van der Waals surface area contributed by atoms with E-state index in [-0.39, 0.29) is 17.3 Å². The lowest BCUT2D eigenvalue weighted by Crippen LogP contribution is -2.20. The first kappa shape index (κ1) is 18.6. The van der Waals surface area contributed by atoms with Gasteiger partial charge >= 0.3 is 0 Å². The van der Waals surface area contributed by atoms with Gasteiger partial charge in [0.1, 0.15) is 5.75 Å². The van der Waals surface area contributed by atoms with Gasteiger partial charge in [-0.05, 0) is 42.5 Å². The molecule has 0 fully saturated rings. The second-order valence-electron chi connectivity index (χ2n) is 5.21. The van der Waals surface area contributed by atoms with Crippen LogP contribution >= 0.6 is 0 Å². The number of nitrogens with one attached hydrogen (secondary N) is 1. The van der Waals surface area contributed by atoms with E-state index in [1.165, 1.54) is 24.3 Å². The van der Waals surface area contributed by atoms with Crippen LogP contribution in [0.3, 0.4) is 0 Å². The minimum absolute atomic E-state index is 0.0269. The topological polar surface area (TPSA) is 116 Å². The summed E-state index contributed by atoms with van der Waals surface area (Å²) in [7, 11) is -3.84. The number of ketones is 1. The van der Waals surface area contributed by atoms with Crippen molar-refractivity contribution in [3.63, 3.8) is 0 Å². The van der Waals surface area contributed by atoms with Crippen molar-refractivity contribution in [2.45, 2.75) is 18.2 Å². The number of Topliss-reactive ketones (excluding diaryl/α,β-unsaturated/α-hetero) is 1. The number of primary sulfonamides is 1. The van der Waals surface area contributed by atoms with E-state index in [1.54, 1.807) is 31.2 Å². The SMILES string of the molecule is CCC(=O)c1ccc(OCC(=O)Nc2cccc(S(N)(=O)=O)c2)cc1. The molecular weight excluding hydrogens is 344 g/mol. The molecule has 0 aliphatic carbocycles. The van der Waals surface area contributed by atoms with E-state index in [0.29, 0.717) is 23.4 Å². The van der Waals surface area contributed by atoms with Crippen molar-refractivity contribution in [2.75, 3.05) is 11.9 Å². The van der Waals surface area contributed by atoms with Gasteiger partial charge in [0.2, 0.25) is 10.0 Å². The summed E-state index contributed by atoms with van der Waals surface area (Å²) in [5, 5.41) is 7.57. The fourth-order valence-corrected chi connectivity index (χ4v) is 2.60. The zero-order chi connectivity index (χ0) is 18.4. The Morgan fingerprint density at radius 3 is 2.40 bits per heavy atom. The van der Waals surface area contributed by atoms with Gasteiger partial charge in [-0.2, -0.15) is 0 Å². The average Bonchev–Trinajstić information content (AvgIpc) is 2.59. The van der Waals surface area contributed by atoms with E-state index in [1.807, 2.05) is 0 Å². The normalized spacial score (nSPS) is 11.0. The van der Waals surface area contributed by atoms with Crippen LogP contribution in [0.25, 0.3) is 0 Å². The van der Waals surface area contributed by atoms with Crippen LogP contribution in [0.1, 0.15) is 23.7 Å². The molecule has 0 atom stereocenters. The Hall–Kier alpha value is -2.71. The van der Waals surface area contributed by atoms with Crippen LogP contribution in [-0.2, 0) is 14.8 Å². The third-order valence-electron chi connectivity index (χ3n) is 3.31. The van der Waals surface area contributed by atoms with Gasteiger partial charge in [-0.1, -0.05) is 13.0 Å². The highest BCUT2D eigenvalue weighted by Crippen LogP contribution is 2.15. The molecule has 3 N–H and O–H groups in total. The van der Waals surface area contributed by atoms with E-state index >= 15 is 0 Å². The number of carbonyl (C=O) groups excluding carboxylic acids is 2. The summed E-state index contributed by atoms with van der Waals surface area (Å²) in [4.78, 5) is 23.3. The predicted octanol–water partition coefficient (Wildman–Crippen LogP) is 1.94. The predicted molar refractivity (Wildman–Crippen MR) is 93.0 cm³/mol. The number of hydrogen-bond donors (Lipinski definition) is 2. The van der Waals surface area contributed by atoms with Gasteiger partial charge in [-0.25, -0.2) is 13.6 Å². The minimum atomic E-state index is -3.84. The van der Waals surface area contributed by atoms with Crippen molar-refractivity contribution in [1.82, 2.24) is 0 Å². The maximum atomic E-state index is 11.9. The summed E-state index contributed by atoms with van der Waals surface area (Å²) < 4.78 is 27.9. The second-order valence-corrected chi connectivity index (χ2v) is 6.77. The molecule has 8 heteroatoms. The highest BCUT2D eigenvalue weighted by molar-refractivity contribution is 7.89. The number of nitrogens with two attached hydrogens (primary N) is 1. The first-order valence-corrected chi connectivity index (χ1v) is 9.03. The molecule has 1 amide bonds. The molecule has 2 rings (SSSR count). The Morgan fingerprint density at radius 2 is 1.80 bits per heavy atom. The summed E-state index contributed by atoms with van der Waals surface area (Å²) in [5.41, 5.74) is 0.878. The Bertz CT molecular complexity index is 876. The van der Waals surface area contributed by atoms with E-state index in [0.717, 1.165) is 0 Å². The number of sulfonamides is 1. The third-order valence-corrected chi connectivity index (χ3v) is 4.22. The Morgan fingerprint density at radius 1 is 1.12 bits per heavy atom. The number of carbonyl (C=O) groups is 2. The molecule has 0 aliphatic heterocycles. The van der Waals surface area contributed by atoms with Crippen molar-refractivity contribution in [3.8, 4) is 5.75 Å². The van der Waals surface area contributed by atoms with Gasteiger partial charge in [0.25, 0.3) is 5.91 Å². The van der Waals surface area contributed by atoms with Crippen molar-refractivity contribution in [2.24, 2.45) is 5.14 Å². The fraction of sp³-hybridized carbons (Fsp3) is 0.176. The molecule has 0 heterocycles. The summed E-state index contributed by atoms with van der Waals surface area (Å²) in [6.45, 7) is 1.52. The van der Waals surface area contributed by atoms with Crippen molar-refractivity contribution >= 4 is 27.4 Å². The lowest BCUT2D eigenvalue weighted by atomic mass is 10.1. The summed E-state index contributed by atoms with van der Waals surface area (Å²) in [6, 6.07) is 12.1. The molecule has 0 saturated heterocycles.